The van der Waals surface area contributed by atoms with Crippen LogP contribution in [0.1, 0.15) is 39.2 Å². The number of carbonyl (C=O) groups excluding carboxylic acids is 1. The lowest BCUT2D eigenvalue weighted by Crippen LogP contribution is -2.49. The Morgan fingerprint density at radius 3 is 2.17 bits per heavy atom. The average Bonchev–Trinajstić information content (AvgIpc) is 2.39. The van der Waals surface area contributed by atoms with Gasteiger partial charge in [0.25, 0.3) is 0 Å². The molecular formula is C16H23NO. The molecule has 1 aliphatic heterocycles. The van der Waals surface area contributed by atoms with E-state index in [1.54, 1.807) is 0 Å². The highest BCUT2D eigenvalue weighted by atomic mass is 16.1. The van der Waals surface area contributed by atoms with Crippen LogP contribution in [0.3, 0.4) is 0 Å². The third-order valence-electron chi connectivity index (χ3n) is 3.90. The molecular weight excluding hydrogens is 222 g/mol. The fraction of sp³-hybridized carbons (Fsp3) is 0.562. The van der Waals surface area contributed by atoms with Crippen molar-refractivity contribution in [2.75, 3.05) is 13.1 Å². The molecule has 98 valence electrons. The molecule has 0 unspecified atom stereocenters. The summed E-state index contributed by atoms with van der Waals surface area (Å²) in [4.78, 5) is 12.9. The van der Waals surface area contributed by atoms with Crippen LogP contribution in [-0.2, 0) is 10.2 Å². The second kappa shape index (κ2) is 4.85. The summed E-state index contributed by atoms with van der Waals surface area (Å²) < 4.78 is 0. The minimum Gasteiger partial charge on any atom is -0.317 e. The Balaban J connectivity index is 2.44. The summed E-state index contributed by atoms with van der Waals surface area (Å²) in [6.45, 7) is 7.94. The van der Waals surface area contributed by atoms with Crippen LogP contribution < -0.4 is 5.32 Å². The van der Waals surface area contributed by atoms with Crippen LogP contribution in [0.5, 0.6) is 0 Å². The van der Waals surface area contributed by atoms with Gasteiger partial charge in [0.2, 0.25) is 0 Å². The Morgan fingerprint density at radius 1 is 1.11 bits per heavy atom. The quantitative estimate of drug-likeness (QED) is 0.868. The van der Waals surface area contributed by atoms with Gasteiger partial charge in [-0.25, -0.2) is 0 Å². The Hall–Kier alpha value is -1.15. The van der Waals surface area contributed by atoms with Gasteiger partial charge in [-0.1, -0.05) is 51.1 Å². The first-order valence-corrected chi connectivity index (χ1v) is 6.78. The first kappa shape index (κ1) is 13.3. The molecule has 1 aromatic rings. The molecule has 1 aliphatic rings. The van der Waals surface area contributed by atoms with E-state index in [1.807, 2.05) is 39.0 Å². The molecule has 0 radical (unpaired) electrons. The van der Waals surface area contributed by atoms with Crippen molar-refractivity contribution < 1.29 is 4.79 Å². The van der Waals surface area contributed by atoms with Crippen molar-refractivity contribution in [1.29, 1.82) is 0 Å². The molecule has 1 heterocycles. The van der Waals surface area contributed by atoms with Crippen LogP contribution in [0.2, 0.25) is 0 Å². The number of Topliss-reactive ketones (excluding diaryl/α,β-unsaturated/α-hetero) is 1. The van der Waals surface area contributed by atoms with Crippen molar-refractivity contribution in [2.24, 2.45) is 5.41 Å². The summed E-state index contributed by atoms with van der Waals surface area (Å²) in [7, 11) is 0. The van der Waals surface area contributed by atoms with E-state index < -0.39 is 0 Å². The maximum Gasteiger partial charge on any atom is 0.148 e. The molecule has 0 aliphatic carbocycles. The number of piperidine rings is 1. The highest BCUT2D eigenvalue weighted by Gasteiger charge is 2.45. The molecule has 1 N–H and O–H groups in total. The summed E-state index contributed by atoms with van der Waals surface area (Å²) in [5.74, 6) is 0.378. The lowest BCUT2D eigenvalue weighted by Gasteiger charge is -2.40. The van der Waals surface area contributed by atoms with Gasteiger partial charge in [0.15, 0.2) is 0 Å². The summed E-state index contributed by atoms with van der Waals surface area (Å²) >= 11 is 0. The fourth-order valence-corrected chi connectivity index (χ4v) is 2.98. The van der Waals surface area contributed by atoms with Gasteiger partial charge in [0.05, 0.1) is 5.41 Å². The molecule has 0 spiro atoms. The van der Waals surface area contributed by atoms with Crippen molar-refractivity contribution in [3.63, 3.8) is 0 Å². The van der Waals surface area contributed by atoms with Gasteiger partial charge in [-0.05, 0) is 31.5 Å². The number of hydrogen-bond acceptors (Lipinski definition) is 2. The molecule has 0 saturated carbocycles. The molecule has 2 nitrogen and oxygen atoms in total. The largest absolute Gasteiger partial charge is 0.317 e. The molecule has 1 aromatic carbocycles. The van der Waals surface area contributed by atoms with E-state index in [2.05, 4.69) is 17.4 Å². The lowest BCUT2D eigenvalue weighted by molar-refractivity contribution is -0.133. The molecule has 1 fully saturated rings. The van der Waals surface area contributed by atoms with Crippen molar-refractivity contribution in [3.05, 3.63) is 35.9 Å². The number of benzene rings is 1. The molecule has 0 bridgehead atoms. The summed E-state index contributed by atoms with van der Waals surface area (Å²) in [6.07, 6.45) is 1.82. The van der Waals surface area contributed by atoms with Crippen molar-refractivity contribution in [3.8, 4) is 0 Å². The molecule has 18 heavy (non-hydrogen) atoms. The second-order valence-corrected chi connectivity index (χ2v) is 6.28. The Bertz CT molecular complexity index is 410. The first-order chi connectivity index (χ1) is 8.47. The van der Waals surface area contributed by atoms with Crippen LogP contribution in [0, 0.1) is 5.41 Å². The number of rotatable bonds is 2. The van der Waals surface area contributed by atoms with Crippen LogP contribution in [-0.4, -0.2) is 18.9 Å². The van der Waals surface area contributed by atoms with E-state index in [0.29, 0.717) is 5.78 Å². The van der Waals surface area contributed by atoms with E-state index in [1.165, 1.54) is 5.56 Å². The van der Waals surface area contributed by atoms with Crippen LogP contribution in [0.4, 0.5) is 0 Å². The Kier molecular flexibility index (Phi) is 3.58. The second-order valence-electron chi connectivity index (χ2n) is 6.28. The summed E-state index contributed by atoms with van der Waals surface area (Å²) in [5.41, 5.74) is 0.615. The summed E-state index contributed by atoms with van der Waals surface area (Å²) in [6, 6.07) is 10.3. The Labute approximate surface area is 110 Å². The van der Waals surface area contributed by atoms with E-state index in [9.17, 15) is 4.79 Å². The molecule has 0 aromatic heterocycles. The topological polar surface area (TPSA) is 29.1 Å². The smallest absolute Gasteiger partial charge is 0.148 e. The SMILES string of the molecule is CC(C)(C)C(=O)C1(c2ccccc2)CCNCC1. The molecule has 2 rings (SSSR count). The zero-order chi connectivity index (χ0) is 13.2. The summed E-state index contributed by atoms with van der Waals surface area (Å²) in [5, 5.41) is 3.36. The third-order valence-corrected chi connectivity index (χ3v) is 3.90. The van der Waals surface area contributed by atoms with Crippen molar-refractivity contribution >= 4 is 5.78 Å². The van der Waals surface area contributed by atoms with Crippen molar-refractivity contribution in [1.82, 2.24) is 5.32 Å². The minimum atomic E-state index is -0.287. The predicted molar refractivity (Wildman–Crippen MR) is 74.7 cm³/mol. The van der Waals surface area contributed by atoms with Crippen LogP contribution in [0.25, 0.3) is 0 Å². The van der Waals surface area contributed by atoms with Gasteiger partial charge in [0.1, 0.15) is 5.78 Å². The number of ketones is 1. The van der Waals surface area contributed by atoms with Crippen molar-refractivity contribution in [2.45, 2.75) is 39.0 Å². The molecule has 1 saturated heterocycles. The van der Waals surface area contributed by atoms with Crippen LogP contribution in [0.15, 0.2) is 30.3 Å². The third kappa shape index (κ3) is 2.35. The zero-order valence-electron chi connectivity index (χ0n) is 11.6. The molecule has 2 heteroatoms. The van der Waals surface area contributed by atoms with Crippen LogP contribution >= 0.6 is 0 Å². The average molecular weight is 245 g/mol. The lowest BCUT2D eigenvalue weighted by atomic mass is 9.64. The van der Waals surface area contributed by atoms with Gasteiger partial charge in [-0.2, -0.15) is 0 Å². The standard InChI is InChI=1S/C16H23NO/c1-15(2,3)14(18)16(9-11-17-12-10-16)13-7-5-4-6-8-13/h4-8,17H,9-12H2,1-3H3. The highest BCUT2D eigenvalue weighted by Crippen LogP contribution is 2.39. The highest BCUT2D eigenvalue weighted by molar-refractivity contribution is 5.94. The number of carbonyl (C=O) groups is 1. The van der Waals surface area contributed by atoms with E-state index in [4.69, 9.17) is 0 Å². The number of hydrogen-bond donors (Lipinski definition) is 1. The van der Waals surface area contributed by atoms with Gasteiger partial charge in [-0.15, -0.1) is 0 Å². The van der Waals surface area contributed by atoms with E-state index >= 15 is 0 Å². The normalized spacial score (nSPS) is 19.5. The van der Waals surface area contributed by atoms with Gasteiger partial charge in [0, 0.05) is 5.41 Å². The Morgan fingerprint density at radius 2 is 1.67 bits per heavy atom. The fourth-order valence-electron chi connectivity index (χ4n) is 2.98. The minimum absolute atomic E-state index is 0.285. The van der Waals surface area contributed by atoms with Gasteiger partial charge >= 0.3 is 0 Å². The zero-order valence-corrected chi connectivity index (χ0v) is 11.6. The van der Waals surface area contributed by atoms with E-state index in [0.717, 1.165) is 25.9 Å². The predicted octanol–water partition coefficient (Wildman–Crippen LogP) is 2.92. The van der Waals surface area contributed by atoms with E-state index in [-0.39, 0.29) is 10.8 Å². The van der Waals surface area contributed by atoms with Gasteiger partial charge in [-0.3, -0.25) is 4.79 Å². The number of nitrogens with one attached hydrogen (secondary N) is 1. The maximum absolute atomic E-state index is 12.9. The first-order valence-electron chi connectivity index (χ1n) is 6.78. The molecule has 0 amide bonds. The molecule has 0 atom stereocenters. The monoisotopic (exact) mass is 245 g/mol. The maximum atomic E-state index is 12.9. The van der Waals surface area contributed by atoms with Gasteiger partial charge < -0.3 is 5.32 Å².